The molecule has 0 unspecified atom stereocenters. The highest BCUT2D eigenvalue weighted by molar-refractivity contribution is 5.84. The van der Waals surface area contributed by atoms with Gasteiger partial charge in [-0.2, -0.15) is 0 Å². The number of hydrogen-bond acceptors (Lipinski definition) is 4. The van der Waals surface area contributed by atoms with Crippen molar-refractivity contribution in [2.75, 3.05) is 18.5 Å². The van der Waals surface area contributed by atoms with Crippen LogP contribution in [0, 0.1) is 0 Å². The Bertz CT molecular complexity index is 470. The first-order valence-corrected chi connectivity index (χ1v) is 6.67. The minimum absolute atomic E-state index is 0.468. The largest absolute Gasteiger partial charge is 0.444 e. The number of anilines is 1. The molecule has 20 heavy (non-hydrogen) atoms. The van der Waals surface area contributed by atoms with Crippen LogP contribution in [-0.4, -0.2) is 24.9 Å². The summed E-state index contributed by atoms with van der Waals surface area (Å²) < 4.78 is 16.4. The van der Waals surface area contributed by atoms with Gasteiger partial charge in [0.2, 0.25) is 0 Å². The predicted molar refractivity (Wildman–Crippen MR) is 75.6 cm³/mol. The molecule has 1 aliphatic heterocycles. The van der Waals surface area contributed by atoms with E-state index in [0.29, 0.717) is 18.9 Å². The number of ether oxygens (including phenoxy) is 3. The Morgan fingerprint density at radius 3 is 2.25 bits per heavy atom. The molecule has 1 heterocycles. The molecule has 0 spiro atoms. The molecular formula is C15H21NO4. The van der Waals surface area contributed by atoms with Crippen LogP contribution in [0.1, 0.15) is 33.3 Å². The molecule has 1 fully saturated rings. The van der Waals surface area contributed by atoms with Crippen molar-refractivity contribution in [3.63, 3.8) is 0 Å². The highest BCUT2D eigenvalue weighted by Crippen LogP contribution is 2.31. The summed E-state index contributed by atoms with van der Waals surface area (Å²) in [6.07, 6.45) is -0.468. The van der Waals surface area contributed by atoms with E-state index in [-0.39, 0.29) is 0 Å². The summed E-state index contributed by atoms with van der Waals surface area (Å²) in [5.41, 5.74) is 1.08. The van der Waals surface area contributed by atoms with Crippen molar-refractivity contribution in [1.29, 1.82) is 0 Å². The molecule has 1 aromatic rings. The Morgan fingerprint density at radius 1 is 1.20 bits per heavy atom. The fourth-order valence-electron chi connectivity index (χ4n) is 1.96. The third-order valence-electron chi connectivity index (χ3n) is 2.89. The van der Waals surface area contributed by atoms with Gasteiger partial charge in [-0.05, 0) is 39.8 Å². The minimum Gasteiger partial charge on any atom is -0.444 e. The average molecular weight is 279 g/mol. The van der Waals surface area contributed by atoms with Gasteiger partial charge in [-0.15, -0.1) is 0 Å². The van der Waals surface area contributed by atoms with Crippen LogP contribution < -0.4 is 5.32 Å². The van der Waals surface area contributed by atoms with Gasteiger partial charge >= 0.3 is 6.09 Å². The predicted octanol–water partition coefficient (Wildman–Crippen LogP) is 3.25. The summed E-state index contributed by atoms with van der Waals surface area (Å²) >= 11 is 0. The lowest BCUT2D eigenvalue weighted by Crippen LogP contribution is -2.27. The lowest BCUT2D eigenvalue weighted by Gasteiger charge is -2.23. The summed E-state index contributed by atoms with van der Waals surface area (Å²) in [6, 6.07) is 7.35. The smallest absolute Gasteiger partial charge is 0.412 e. The van der Waals surface area contributed by atoms with E-state index in [2.05, 4.69) is 5.32 Å². The van der Waals surface area contributed by atoms with E-state index < -0.39 is 17.5 Å². The van der Waals surface area contributed by atoms with Gasteiger partial charge in [-0.1, -0.05) is 12.1 Å². The second kappa shape index (κ2) is 5.42. The molecule has 5 nitrogen and oxygen atoms in total. The van der Waals surface area contributed by atoms with Gasteiger partial charge in [-0.25, -0.2) is 4.79 Å². The maximum Gasteiger partial charge on any atom is 0.412 e. The van der Waals surface area contributed by atoms with Crippen LogP contribution in [0.2, 0.25) is 0 Å². The van der Waals surface area contributed by atoms with Gasteiger partial charge in [0.05, 0.1) is 13.2 Å². The summed E-state index contributed by atoms with van der Waals surface area (Å²) in [5.74, 6) is -0.690. The maximum absolute atomic E-state index is 11.6. The number of hydrogen-bond donors (Lipinski definition) is 1. The quantitative estimate of drug-likeness (QED) is 0.902. The van der Waals surface area contributed by atoms with Crippen LogP contribution in [-0.2, 0) is 20.0 Å². The number of benzene rings is 1. The van der Waals surface area contributed by atoms with Crippen molar-refractivity contribution in [1.82, 2.24) is 0 Å². The van der Waals surface area contributed by atoms with E-state index in [0.717, 1.165) is 5.56 Å². The summed E-state index contributed by atoms with van der Waals surface area (Å²) in [7, 11) is 0. The van der Waals surface area contributed by atoms with Crippen molar-refractivity contribution < 1.29 is 19.0 Å². The number of rotatable bonds is 2. The molecule has 0 aromatic heterocycles. The van der Waals surface area contributed by atoms with Crippen LogP contribution in [0.5, 0.6) is 0 Å². The Hall–Kier alpha value is -1.59. The first kappa shape index (κ1) is 14.8. The normalized spacial score (nSPS) is 17.8. The molecule has 0 radical (unpaired) electrons. The molecule has 1 aromatic carbocycles. The number of nitrogens with one attached hydrogen (secondary N) is 1. The number of carbonyl (C=O) groups is 1. The highest BCUT2D eigenvalue weighted by atomic mass is 16.7. The molecule has 1 saturated heterocycles. The van der Waals surface area contributed by atoms with Crippen molar-refractivity contribution in [3.8, 4) is 0 Å². The molecule has 0 atom stereocenters. The molecule has 0 aliphatic carbocycles. The molecule has 5 heteroatoms. The fraction of sp³-hybridized carbons (Fsp3) is 0.533. The molecular weight excluding hydrogens is 258 g/mol. The number of amides is 1. The van der Waals surface area contributed by atoms with Crippen molar-refractivity contribution in [2.45, 2.75) is 39.1 Å². The van der Waals surface area contributed by atoms with E-state index in [9.17, 15) is 4.79 Å². The lowest BCUT2D eigenvalue weighted by atomic mass is 10.1. The SMILES string of the molecule is CC(C)(C)OC(=O)Nc1ccc(C2(C)OCCO2)cc1. The first-order chi connectivity index (χ1) is 9.28. The van der Waals surface area contributed by atoms with E-state index in [1.54, 1.807) is 12.1 Å². The van der Waals surface area contributed by atoms with Crippen LogP contribution in [0.15, 0.2) is 24.3 Å². The zero-order chi connectivity index (χ0) is 14.8. The van der Waals surface area contributed by atoms with Crippen LogP contribution in [0.3, 0.4) is 0 Å². The second-order valence-corrected chi connectivity index (χ2v) is 5.85. The maximum atomic E-state index is 11.6. The Balaban J connectivity index is 2.00. The summed E-state index contributed by atoms with van der Waals surface area (Å²) in [5, 5.41) is 2.69. The van der Waals surface area contributed by atoms with Crippen LogP contribution in [0.4, 0.5) is 10.5 Å². The van der Waals surface area contributed by atoms with Crippen LogP contribution >= 0.6 is 0 Å². The summed E-state index contributed by atoms with van der Waals surface area (Å²) in [4.78, 5) is 11.6. The van der Waals surface area contributed by atoms with E-state index >= 15 is 0 Å². The van der Waals surface area contributed by atoms with Gasteiger partial charge in [0.25, 0.3) is 0 Å². The van der Waals surface area contributed by atoms with Gasteiger partial charge in [0, 0.05) is 11.3 Å². The number of carbonyl (C=O) groups excluding carboxylic acids is 1. The van der Waals surface area contributed by atoms with Gasteiger partial charge in [0.15, 0.2) is 5.79 Å². The second-order valence-electron chi connectivity index (χ2n) is 5.85. The Kier molecular flexibility index (Phi) is 4.01. The van der Waals surface area contributed by atoms with E-state index in [1.807, 2.05) is 39.8 Å². The fourth-order valence-corrected chi connectivity index (χ4v) is 1.96. The topological polar surface area (TPSA) is 56.8 Å². The third kappa shape index (κ3) is 3.71. The highest BCUT2D eigenvalue weighted by Gasteiger charge is 2.32. The minimum atomic E-state index is -0.690. The molecule has 2 rings (SSSR count). The zero-order valence-electron chi connectivity index (χ0n) is 12.4. The van der Waals surface area contributed by atoms with Crippen molar-refractivity contribution in [2.24, 2.45) is 0 Å². The van der Waals surface area contributed by atoms with E-state index in [1.165, 1.54) is 0 Å². The first-order valence-electron chi connectivity index (χ1n) is 6.67. The van der Waals surface area contributed by atoms with Gasteiger partial charge < -0.3 is 14.2 Å². The van der Waals surface area contributed by atoms with Gasteiger partial charge in [0.1, 0.15) is 5.60 Å². The zero-order valence-corrected chi connectivity index (χ0v) is 12.4. The van der Waals surface area contributed by atoms with E-state index in [4.69, 9.17) is 14.2 Å². The monoisotopic (exact) mass is 279 g/mol. The molecule has 0 bridgehead atoms. The third-order valence-corrected chi connectivity index (χ3v) is 2.89. The standard InChI is InChI=1S/C15H21NO4/c1-14(2,3)20-13(17)16-12-7-5-11(6-8-12)15(4)18-9-10-19-15/h5-8H,9-10H2,1-4H3,(H,16,17). The Morgan fingerprint density at radius 2 is 1.75 bits per heavy atom. The molecule has 1 aliphatic rings. The average Bonchev–Trinajstić information content (AvgIpc) is 2.75. The molecule has 1 N–H and O–H groups in total. The van der Waals surface area contributed by atoms with Crippen LogP contribution in [0.25, 0.3) is 0 Å². The van der Waals surface area contributed by atoms with Crippen molar-refractivity contribution in [3.05, 3.63) is 29.8 Å². The lowest BCUT2D eigenvalue weighted by molar-refractivity contribution is -0.149. The molecule has 1 amide bonds. The molecule has 0 saturated carbocycles. The van der Waals surface area contributed by atoms with Crippen molar-refractivity contribution >= 4 is 11.8 Å². The summed E-state index contributed by atoms with van der Waals surface area (Å²) in [6.45, 7) is 8.54. The molecule has 110 valence electrons. The van der Waals surface area contributed by atoms with Gasteiger partial charge in [-0.3, -0.25) is 5.32 Å². The Labute approximate surface area is 119 Å².